The molecule has 0 fully saturated rings. The van der Waals surface area contributed by atoms with Crippen LogP contribution in [0, 0.1) is 0 Å². The van der Waals surface area contributed by atoms with Crippen LogP contribution >= 0.6 is 0 Å². The van der Waals surface area contributed by atoms with Crippen molar-refractivity contribution in [2.45, 2.75) is 45.5 Å². The zero-order valence-electron chi connectivity index (χ0n) is 18.6. The van der Waals surface area contributed by atoms with Gasteiger partial charge in [-0.1, -0.05) is 13.3 Å². The molecule has 34 heavy (non-hydrogen) atoms. The molecule has 0 unspecified atom stereocenters. The van der Waals surface area contributed by atoms with Gasteiger partial charge < -0.3 is 15.2 Å². The number of imidazole rings is 1. The van der Waals surface area contributed by atoms with Gasteiger partial charge in [-0.15, -0.1) is 0 Å². The smallest absolute Gasteiger partial charge is 0.349 e. The van der Waals surface area contributed by atoms with Gasteiger partial charge in [-0.25, -0.2) is 9.78 Å². The van der Waals surface area contributed by atoms with Crippen LogP contribution in [0.15, 0.2) is 48.9 Å². The molecule has 182 valence electrons. The molecule has 0 atom stereocenters. The van der Waals surface area contributed by atoms with Gasteiger partial charge in [0.1, 0.15) is 0 Å². The number of carbonyl (C=O) groups is 2. The predicted octanol–water partition coefficient (Wildman–Crippen LogP) is 4.36. The van der Waals surface area contributed by atoms with Crippen molar-refractivity contribution in [2.75, 3.05) is 17.2 Å². The van der Waals surface area contributed by atoms with Gasteiger partial charge in [0.05, 0.1) is 5.56 Å². The minimum absolute atomic E-state index is 0.155. The second-order valence-corrected chi connectivity index (χ2v) is 7.53. The first-order chi connectivity index (χ1) is 16.3. The van der Waals surface area contributed by atoms with Gasteiger partial charge in [0.15, 0.2) is 5.82 Å². The number of aryl methyl sites for hydroxylation is 2. The van der Waals surface area contributed by atoms with Crippen molar-refractivity contribution in [3.05, 3.63) is 60.3 Å². The molecule has 1 aromatic carbocycles. The number of carbonyl (C=O) groups excluding carboxylic acids is 2. The number of benzene rings is 1. The van der Waals surface area contributed by atoms with Gasteiger partial charge in [-0.3, -0.25) is 14.8 Å². The molecule has 3 rings (SSSR count). The van der Waals surface area contributed by atoms with E-state index in [1.54, 1.807) is 21.6 Å². The number of unbranched alkanes of at least 4 members (excludes halogenated alkanes) is 1. The Bertz CT molecular complexity index is 1080. The number of anilines is 2. The molecule has 3 amide bonds. The zero-order valence-corrected chi connectivity index (χ0v) is 18.6. The van der Waals surface area contributed by atoms with Crippen molar-refractivity contribution < 1.29 is 22.8 Å². The number of amides is 3. The first kappa shape index (κ1) is 24.8. The molecule has 0 aliphatic heterocycles. The number of alkyl halides is 3. The van der Waals surface area contributed by atoms with Gasteiger partial charge in [0, 0.05) is 43.9 Å². The highest BCUT2D eigenvalue weighted by Crippen LogP contribution is 2.29. The van der Waals surface area contributed by atoms with Crippen molar-refractivity contribution in [3.8, 4) is 0 Å². The Morgan fingerprint density at radius 3 is 2.47 bits per heavy atom. The van der Waals surface area contributed by atoms with Crippen LogP contribution in [0.4, 0.5) is 29.5 Å². The minimum atomic E-state index is -4.46. The van der Waals surface area contributed by atoms with E-state index in [0.717, 1.165) is 37.1 Å². The molecule has 0 saturated heterocycles. The molecule has 0 bridgehead atoms. The number of rotatable bonds is 10. The van der Waals surface area contributed by atoms with E-state index in [1.807, 2.05) is 19.2 Å². The Balaban J connectivity index is 1.59. The number of nitrogens with one attached hydrogen (secondary N) is 3. The summed E-state index contributed by atoms with van der Waals surface area (Å²) in [6.07, 6.45) is 3.03. The van der Waals surface area contributed by atoms with Crippen molar-refractivity contribution >= 4 is 23.4 Å². The summed E-state index contributed by atoms with van der Waals surface area (Å²) in [5.74, 6) is -0.0488. The second-order valence-electron chi connectivity index (χ2n) is 7.53. The van der Waals surface area contributed by atoms with Crippen molar-refractivity contribution in [2.24, 2.45) is 0 Å². The molecule has 2 aromatic heterocycles. The topological polar surface area (TPSA) is 106 Å². The zero-order chi connectivity index (χ0) is 24.6. The molecule has 9 nitrogen and oxygen atoms in total. The predicted molar refractivity (Wildman–Crippen MR) is 120 cm³/mol. The van der Waals surface area contributed by atoms with Gasteiger partial charge in [0.2, 0.25) is 5.82 Å². The summed E-state index contributed by atoms with van der Waals surface area (Å²) in [6.45, 7) is 3.65. The van der Waals surface area contributed by atoms with E-state index < -0.39 is 17.8 Å². The lowest BCUT2D eigenvalue weighted by molar-refractivity contribution is -0.137. The first-order valence-corrected chi connectivity index (χ1v) is 10.8. The standard InChI is InChI=1S/C22H26F3N7O2/c1-2-3-12-31-15-18(29-19(31)20(33)26-10-4-13-32-14-5-11-27-32)30-21(34)28-17-8-6-16(7-9-17)22(23,24)25/h5-9,11,14-15H,2-4,10,12-13H2,1H3,(H,26,33)(H2,28,30,34). The van der Waals surface area contributed by atoms with E-state index in [-0.39, 0.29) is 23.2 Å². The highest BCUT2D eigenvalue weighted by atomic mass is 19.4. The SMILES string of the molecule is CCCCn1cc(NC(=O)Nc2ccc(C(F)(F)F)cc2)nc1C(=O)NCCCn1cccn1. The van der Waals surface area contributed by atoms with Crippen molar-refractivity contribution in [3.63, 3.8) is 0 Å². The molecule has 0 radical (unpaired) electrons. The van der Waals surface area contributed by atoms with Crippen LogP contribution in [-0.4, -0.2) is 37.8 Å². The fourth-order valence-corrected chi connectivity index (χ4v) is 3.13. The van der Waals surface area contributed by atoms with Crippen LogP contribution in [0.2, 0.25) is 0 Å². The molecular formula is C22H26F3N7O2. The Morgan fingerprint density at radius 2 is 1.82 bits per heavy atom. The van der Waals surface area contributed by atoms with Crippen LogP contribution in [0.1, 0.15) is 42.4 Å². The normalized spacial score (nSPS) is 11.3. The number of urea groups is 1. The van der Waals surface area contributed by atoms with E-state index in [9.17, 15) is 22.8 Å². The molecule has 0 aliphatic carbocycles. The molecule has 12 heteroatoms. The molecule has 3 aromatic rings. The highest BCUT2D eigenvalue weighted by molar-refractivity contribution is 5.99. The second kappa shape index (κ2) is 11.3. The monoisotopic (exact) mass is 477 g/mol. The van der Waals surface area contributed by atoms with Crippen LogP contribution in [0.5, 0.6) is 0 Å². The summed E-state index contributed by atoms with van der Waals surface area (Å²) in [6, 6.07) is 5.21. The summed E-state index contributed by atoms with van der Waals surface area (Å²) in [5.41, 5.74) is -0.625. The Morgan fingerprint density at radius 1 is 1.06 bits per heavy atom. The average molecular weight is 477 g/mol. The maximum atomic E-state index is 12.7. The van der Waals surface area contributed by atoms with E-state index in [4.69, 9.17) is 0 Å². The maximum absolute atomic E-state index is 12.7. The summed E-state index contributed by atoms with van der Waals surface area (Å²) in [7, 11) is 0. The third kappa shape index (κ3) is 7.09. The number of aromatic nitrogens is 4. The lowest BCUT2D eigenvalue weighted by atomic mass is 10.2. The largest absolute Gasteiger partial charge is 0.416 e. The fraction of sp³-hybridized carbons (Fsp3) is 0.364. The third-order valence-corrected chi connectivity index (χ3v) is 4.85. The van der Waals surface area contributed by atoms with Crippen LogP contribution in [0.3, 0.4) is 0 Å². The van der Waals surface area contributed by atoms with E-state index in [0.29, 0.717) is 26.1 Å². The van der Waals surface area contributed by atoms with Crippen LogP contribution in [-0.2, 0) is 19.3 Å². The fourth-order valence-electron chi connectivity index (χ4n) is 3.13. The molecule has 0 spiro atoms. The Hall–Kier alpha value is -3.83. The van der Waals surface area contributed by atoms with Crippen molar-refractivity contribution in [1.82, 2.24) is 24.6 Å². The maximum Gasteiger partial charge on any atom is 0.416 e. The summed E-state index contributed by atoms with van der Waals surface area (Å²) in [4.78, 5) is 29.2. The van der Waals surface area contributed by atoms with Crippen LogP contribution in [0.25, 0.3) is 0 Å². The summed E-state index contributed by atoms with van der Waals surface area (Å²) < 4.78 is 41.5. The van der Waals surface area contributed by atoms with Crippen molar-refractivity contribution in [1.29, 1.82) is 0 Å². The number of hydrogen-bond acceptors (Lipinski definition) is 4. The highest BCUT2D eigenvalue weighted by Gasteiger charge is 2.30. The first-order valence-electron chi connectivity index (χ1n) is 10.8. The third-order valence-electron chi connectivity index (χ3n) is 4.85. The van der Waals surface area contributed by atoms with Gasteiger partial charge >= 0.3 is 12.2 Å². The van der Waals surface area contributed by atoms with Gasteiger partial charge in [-0.2, -0.15) is 18.3 Å². The van der Waals surface area contributed by atoms with Gasteiger partial charge in [-0.05, 0) is 43.2 Å². The number of halogens is 3. The van der Waals surface area contributed by atoms with E-state index in [2.05, 4.69) is 26.0 Å². The molecule has 0 saturated carbocycles. The number of hydrogen-bond donors (Lipinski definition) is 3. The minimum Gasteiger partial charge on any atom is -0.349 e. The van der Waals surface area contributed by atoms with E-state index >= 15 is 0 Å². The quantitative estimate of drug-likeness (QED) is 0.377. The molecule has 0 aliphatic rings. The lowest BCUT2D eigenvalue weighted by Gasteiger charge is -2.09. The summed E-state index contributed by atoms with van der Waals surface area (Å²) >= 11 is 0. The van der Waals surface area contributed by atoms with Gasteiger partial charge in [0.25, 0.3) is 5.91 Å². The molecule has 2 heterocycles. The Kier molecular flexibility index (Phi) is 8.28. The van der Waals surface area contributed by atoms with Crippen LogP contribution < -0.4 is 16.0 Å². The Labute approximate surface area is 194 Å². The average Bonchev–Trinajstić information content (AvgIpc) is 3.44. The van der Waals surface area contributed by atoms with E-state index in [1.165, 1.54) is 0 Å². The number of nitrogens with zero attached hydrogens (tertiary/aromatic N) is 4. The molecule has 3 N–H and O–H groups in total. The summed E-state index contributed by atoms with van der Waals surface area (Å²) in [5, 5.41) is 11.9. The lowest BCUT2D eigenvalue weighted by Crippen LogP contribution is -2.28. The molecular weight excluding hydrogens is 451 g/mol.